The van der Waals surface area contributed by atoms with Crippen LogP contribution in [0.2, 0.25) is 4.34 Å². The largest absolute Gasteiger partial charge is 0.416 e. The fraction of sp³-hybridized carbons (Fsp3) is 0.231. The van der Waals surface area contributed by atoms with Crippen molar-refractivity contribution >= 4 is 54.8 Å². The molecule has 0 fully saturated rings. The molecule has 1 aromatic heterocycles. The smallest absolute Gasteiger partial charge is 0.309 e. The van der Waals surface area contributed by atoms with Gasteiger partial charge in [0.05, 0.1) is 11.6 Å². The quantitative estimate of drug-likeness (QED) is 0.567. The van der Waals surface area contributed by atoms with Gasteiger partial charge in [-0.15, -0.1) is 11.3 Å². The minimum Gasteiger partial charge on any atom is -0.309 e. The highest BCUT2D eigenvalue weighted by atomic mass is 79.9. The minimum absolute atomic E-state index is 0.165. The number of benzene rings is 1. The number of thiophene rings is 1. The molecular formula is C13H9Br2ClF3NS. The predicted octanol–water partition coefficient (Wildman–Crippen LogP) is 6.25. The number of halogens is 6. The zero-order valence-corrected chi connectivity index (χ0v) is 15.3. The van der Waals surface area contributed by atoms with Crippen molar-refractivity contribution in [2.24, 2.45) is 0 Å². The molecule has 114 valence electrons. The van der Waals surface area contributed by atoms with E-state index >= 15 is 0 Å². The van der Waals surface area contributed by atoms with Gasteiger partial charge in [0, 0.05) is 13.8 Å². The highest BCUT2D eigenvalue weighted by Crippen LogP contribution is 2.42. The molecule has 0 aliphatic rings. The van der Waals surface area contributed by atoms with Gasteiger partial charge in [0.25, 0.3) is 0 Å². The Morgan fingerprint density at radius 1 is 1.24 bits per heavy atom. The molecule has 0 spiro atoms. The Kier molecular flexibility index (Phi) is 5.41. The molecule has 1 unspecified atom stereocenters. The normalized spacial score (nSPS) is 13.5. The third kappa shape index (κ3) is 3.82. The third-order valence-corrected chi connectivity index (χ3v) is 5.90. The van der Waals surface area contributed by atoms with E-state index in [1.807, 2.05) is 0 Å². The van der Waals surface area contributed by atoms with Gasteiger partial charge in [-0.25, -0.2) is 0 Å². The number of alkyl halides is 3. The summed E-state index contributed by atoms with van der Waals surface area (Å²) in [6.07, 6.45) is -4.42. The molecule has 0 radical (unpaired) electrons. The first-order valence-electron chi connectivity index (χ1n) is 5.72. The van der Waals surface area contributed by atoms with Gasteiger partial charge in [0.1, 0.15) is 4.34 Å². The zero-order chi connectivity index (χ0) is 15.8. The topological polar surface area (TPSA) is 12.0 Å². The van der Waals surface area contributed by atoms with E-state index in [2.05, 4.69) is 37.2 Å². The van der Waals surface area contributed by atoms with E-state index in [0.29, 0.717) is 18.2 Å². The number of hydrogen-bond acceptors (Lipinski definition) is 2. The van der Waals surface area contributed by atoms with Crippen molar-refractivity contribution in [2.75, 3.05) is 7.05 Å². The summed E-state index contributed by atoms with van der Waals surface area (Å²) in [6.45, 7) is 0. The summed E-state index contributed by atoms with van der Waals surface area (Å²) in [4.78, 5) is 0.710. The molecule has 1 N–H and O–H groups in total. The maximum absolute atomic E-state index is 13.2. The number of rotatable bonds is 3. The SMILES string of the molecule is CNC(c1cc(Br)c(Cl)s1)c1ccc(Br)cc1C(F)(F)F. The summed E-state index contributed by atoms with van der Waals surface area (Å²) in [5.74, 6) is 0. The minimum atomic E-state index is -4.42. The van der Waals surface area contributed by atoms with E-state index in [0.717, 1.165) is 6.07 Å². The van der Waals surface area contributed by atoms with Gasteiger partial charge in [-0.3, -0.25) is 0 Å². The summed E-state index contributed by atoms with van der Waals surface area (Å²) in [6, 6.07) is 5.30. The summed E-state index contributed by atoms with van der Waals surface area (Å²) in [7, 11) is 1.62. The zero-order valence-electron chi connectivity index (χ0n) is 10.6. The lowest BCUT2D eigenvalue weighted by atomic mass is 9.99. The maximum atomic E-state index is 13.2. The van der Waals surface area contributed by atoms with E-state index in [1.54, 1.807) is 19.2 Å². The van der Waals surface area contributed by atoms with Gasteiger partial charge >= 0.3 is 6.18 Å². The molecule has 0 saturated heterocycles. The lowest BCUT2D eigenvalue weighted by Gasteiger charge is -2.20. The fourth-order valence-corrected chi connectivity index (χ4v) is 4.21. The highest BCUT2D eigenvalue weighted by Gasteiger charge is 2.36. The van der Waals surface area contributed by atoms with Gasteiger partial charge in [-0.1, -0.05) is 33.6 Å². The van der Waals surface area contributed by atoms with Crippen LogP contribution in [0, 0.1) is 0 Å². The molecule has 0 amide bonds. The lowest BCUT2D eigenvalue weighted by Crippen LogP contribution is -2.21. The first kappa shape index (κ1) is 17.3. The second-order valence-corrected chi connectivity index (χ2v) is 7.68. The number of hydrogen-bond donors (Lipinski definition) is 1. The Morgan fingerprint density at radius 3 is 2.38 bits per heavy atom. The van der Waals surface area contributed by atoms with E-state index in [9.17, 15) is 13.2 Å². The monoisotopic (exact) mass is 461 g/mol. The highest BCUT2D eigenvalue weighted by molar-refractivity contribution is 9.10. The molecule has 1 atom stereocenters. The first-order valence-corrected chi connectivity index (χ1v) is 8.50. The van der Waals surface area contributed by atoms with Gasteiger partial charge in [0.2, 0.25) is 0 Å². The van der Waals surface area contributed by atoms with Crippen LogP contribution < -0.4 is 5.32 Å². The van der Waals surface area contributed by atoms with Crippen molar-refractivity contribution in [1.82, 2.24) is 5.32 Å². The van der Waals surface area contributed by atoms with Gasteiger partial charge in [-0.2, -0.15) is 13.2 Å². The van der Waals surface area contributed by atoms with Crippen LogP contribution in [0.15, 0.2) is 33.2 Å². The Bertz CT molecular complexity index is 638. The Labute approximate surface area is 145 Å². The molecule has 21 heavy (non-hydrogen) atoms. The van der Waals surface area contributed by atoms with E-state index < -0.39 is 17.8 Å². The number of nitrogens with one attached hydrogen (secondary N) is 1. The van der Waals surface area contributed by atoms with Crippen molar-refractivity contribution in [2.45, 2.75) is 12.2 Å². The lowest BCUT2D eigenvalue weighted by molar-refractivity contribution is -0.138. The standard InChI is InChI=1S/C13H9Br2ClF3NS/c1-20-11(10-5-9(15)12(16)21-10)7-3-2-6(14)4-8(7)13(17,18)19/h2-5,11,20H,1H3. The molecule has 0 bridgehead atoms. The Morgan fingerprint density at radius 2 is 1.90 bits per heavy atom. The predicted molar refractivity (Wildman–Crippen MR) is 87.1 cm³/mol. The van der Waals surface area contributed by atoms with E-state index in [4.69, 9.17) is 11.6 Å². The van der Waals surface area contributed by atoms with Crippen LogP contribution in [0.1, 0.15) is 22.0 Å². The van der Waals surface area contributed by atoms with E-state index in [1.165, 1.54) is 17.4 Å². The Balaban J connectivity index is 2.57. The fourth-order valence-electron chi connectivity index (χ4n) is 1.98. The van der Waals surface area contributed by atoms with E-state index in [-0.39, 0.29) is 5.56 Å². The summed E-state index contributed by atoms with van der Waals surface area (Å²) < 4.78 is 41.3. The second-order valence-electron chi connectivity index (χ2n) is 4.22. The van der Waals surface area contributed by atoms with Crippen molar-refractivity contribution in [3.63, 3.8) is 0 Å². The molecule has 1 heterocycles. The molecule has 0 aliphatic carbocycles. The van der Waals surface area contributed by atoms with Gasteiger partial charge < -0.3 is 5.32 Å². The van der Waals surface area contributed by atoms with Gasteiger partial charge in [0.15, 0.2) is 0 Å². The molecule has 0 saturated carbocycles. The van der Waals surface area contributed by atoms with Crippen LogP contribution in [0.4, 0.5) is 13.2 Å². The van der Waals surface area contributed by atoms with Crippen molar-refractivity contribution in [3.8, 4) is 0 Å². The summed E-state index contributed by atoms with van der Waals surface area (Å²) in [5.41, 5.74) is -0.504. The molecule has 0 aliphatic heterocycles. The van der Waals surface area contributed by atoms with Crippen LogP contribution in [0.25, 0.3) is 0 Å². The molecule has 2 rings (SSSR count). The van der Waals surface area contributed by atoms with Crippen molar-refractivity contribution in [3.05, 3.63) is 53.6 Å². The molecule has 8 heteroatoms. The maximum Gasteiger partial charge on any atom is 0.416 e. The van der Waals surface area contributed by atoms with Gasteiger partial charge in [-0.05, 0) is 46.7 Å². The molecule has 2 aromatic rings. The Hall–Kier alpha value is -0.0800. The van der Waals surface area contributed by atoms with Crippen LogP contribution in [-0.4, -0.2) is 7.05 Å². The summed E-state index contributed by atoms with van der Waals surface area (Å²) in [5, 5.41) is 2.92. The third-order valence-electron chi connectivity index (χ3n) is 2.87. The van der Waals surface area contributed by atoms with Crippen molar-refractivity contribution in [1.29, 1.82) is 0 Å². The van der Waals surface area contributed by atoms with Crippen LogP contribution in [-0.2, 0) is 6.18 Å². The van der Waals surface area contributed by atoms with Crippen LogP contribution in [0.5, 0.6) is 0 Å². The molecular weight excluding hydrogens is 454 g/mol. The first-order chi connectivity index (χ1) is 9.74. The average molecular weight is 464 g/mol. The summed E-state index contributed by atoms with van der Waals surface area (Å²) >= 11 is 13.6. The second kappa shape index (κ2) is 6.58. The average Bonchev–Trinajstić information content (AvgIpc) is 2.71. The van der Waals surface area contributed by atoms with Crippen LogP contribution >= 0.6 is 54.8 Å². The van der Waals surface area contributed by atoms with Crippen molar-refractivity contribution < 1.29 is 13.2 Å². The van der Waals surface area contributed by atoms with Crippen LogP contribution in [0.3, 0.4) is 0 Å². The molecule has 1 nitrogen and oxygen atoms in total. The molecule has 1 aromatic carbocycles.